The van der Waals surface area contributed by atoms with Crippen LogP contribution >= 0.6 is 7.82 Å². The first-order valence-corrected chi connectivity index (χ1v) is 8.84. The minimum atomic E-state index is -4.02. The Morgan fingerprint density at radius 1 is 0.957 bits per heavy atom. The molecule has 0 fully saturated rings. The normalized spacial score (nSPS) is 14.0. The maximum atomic E-state index is 11.6. The van der Waals surface area contributed by atoms with Crippen LogP contribution in [0.4, 0.5) is 0 Å². The summed E-state index contributed by atoms with van der Waals surface area (Å²) in [5, 5.41) is 9.05. The maximum absolute atomic E-state index is 11.6. The van der Waals surface area contributed by atoms with Crippen molar-refractivity contribution >= 4 is 7.82 Å². The van der Waals surface area contributed by atoms with E-state index in [1.54, 1.807) is 13.8 Å². The van der Waals surface area contributed by atoms with Gasteiger partial charge in [0, 0.05) is 0 Å². The molecule has 124 valence electrons. The Morgan fingerprint density at radius 2 is 1.43 bits per heavy atom. The highest BCUT2D eigenvalue weighted by Crippen LogP contribution is 2.45. The summed E-state index contributed by atoms with van der Waals surface area (Å²) < 4.78 is 21.4. The highest BCUT2D eigenvalue weighted by atomic mass is 31.2. The van der Waals surface area contributed by atoms with Gasteiger partial charge < -0.3 is 10.00 Å². The molecule has 0 aliphatic heterocycles. The quantitative estimate of drug-likeness (QED) is 0.750. The summed E-state index contributed by atoms with van der Waals surface area (Å²) in [6.07, 6.45) is -0.380. The van der Waals surface area contributed by atoms with E-state index in [0.29, 0.717) is 0 Å². The molecule has 0 spiro atoms. The highest BCUT2D eigenvalue weighted by molar-refractivity contribution is 7.47. The largest absolute Gasteiger partial charge is 0.472 e. The maximum Gasteiger partial charge on any atom is 0.472 e. The molecule has 6 heteroatoms. The number of phosphoric acid groups is 1. The van der Waals surface area contributed by atoms with Gasteiger partial charge in [0.1, 0.15) is 0 Å². The lowest BCUT2D eigenvalue weighted by molar-refractivity contribution is 0.116. The van der Waals surface area contributed by atoms with Crippen LogP contribution in [0.3, 0.4) is 0 Å². The fourth-order valence-corrected chi connectivity index (χ4v) is 2.95. The van der Waals surface area contributed by atoms with Gasteiger partial charge in [-0.25, -0.2) is 4.57 Å². The Balaban J connectivity index is 2.00. The van der Waals surface area contributed by atoms with Gasteiger partial charge in [-0.1, -0.05) is 48.5 Å². The minimum Gasteiger partial charge on any atom is -0.392 e. The number of aliphatic hydroxyl groups is 1. The van der Waals surface area contributed by atoms with E-state index in [9.17, 15) is 9.46 Å². The predicted octanol–water partition coefficient (Wildman–Crippen LogP) is 3.89. The number of hydrogen-bond acceptors (Lipinski definition) is 4. The average Bonchev–Trinajstić information content (AvgIpc) is 2.52. The van der Waals surface area contributed by atoms with Gasteiger partial charge in [-0.2, -0.15) is 0 Å². The van der Waals surface area contributed by atoms with Crippen LogP contribution in [0, 0.1) is 0 Å². The van der Waals surface area contributed by atoms with E-state index in [1.165, 1.54) is 0 Å². The molecular weight excluding hydrogens is 315 g/mol. The SMILES string of the molecule is CC(C)OP(=O)(O)OCc1ccc(-c2ccc(CO)cc2)cc1. The second kappa shape index (κ2) is 7.86. The standard InChI is InChI=1S/C17H21O5P/c1-13(2)22-23(19,20)21-12-15-5-9-17(10-6-15)16-7-3-14(11-18)4-8-16/h3-10,13,18H,11-12H2,1-2H3,(H,19,20). The van der Waals surface area contributed by atoms with Crippen molar-refractivity contribution < 1.29 is 23.6 Å². The molecule has 0 radical (unpaired) electrons. The fraction of sp³-hybridized carbons (Fsp3) is 0.294. The average molecular weight is 336 g/mol. The molecule has 0 aliphatic rings. The van der Waals surface area contributed by atoms with E-state index in [4.69, 9.17) is 14.2 Å². The first kappa shape index (κ1) is 17.9. The van der Waals surface area contributed by atoms with E-state index < -0.39 is 7.82 Å². The number of hydrogen-bond donors (Lipinski definition) is 2. The predicted molar refractivity (Wildman–Crippen MR) is 88.6 cm³/mol. The number of rotatable bonds is 7. The van der Waals surface area contributed by atoms with Crippen molar-refractivity contribution in [2.24, 2.45) is 0 Å². The molecule has 0 heterocycles. The summed E-state index contributed by atoms with van der Waals surface area (Å²) in [5.41, 5.74) is 3.69. The van der Waals surface area contributed by atoms with Gasteiger partial charge in [-0.05, 0) is 36.1 Å². The van der Waals surface area contributed by atoms with Gasteiger partial charge >= 0.3 is 7.82 Å². The van der Waals surface area contributed by atoms with Gasteiger partial charge in [0.15, 0.2) is 0 Å². The third-order valence-corrected chi connectivity index (χ3v) is 4.31. The summed E-state index contributed by atoms with van der Waals surface area (Å²) in [6.45, 7) is 3.37. The molecule has 0 amide bonds. The monoisotopic (exact) mass is 336 g/mol. The Kier molecular flexibility index (Phi) is 6.10. The third kappa shape index (κ3) is 5.57. The smallest absolute Gasteiger partial charge is 0.392 e. The molecule has 2 aromatic carbocycles. The number of benzene rings is 2. The molecule has 23 heavy (non-hydrogen) atoms. The van der Waals surface area contributed by atoms with Crippen molar-refractivity contribution in [2.75, 3.05) is 0 Å². The Hall–Kier alpha value is -1.49. The first-order valence-electron chi connectivity index (χ1n) is 7.34. The van der Waals surface area contributed by atoms with Crippen LogP contribution in [0.1, 0.15) is 25.0 Å². The van der Waals surface area contributed by atoms with Crippen LogP contribution in [0.15, 0.2) is 48.5 Å². The molecule has 1 atom stereocenters. The molecule has 0 bridgehead atoms. The Labute approximate surface area is 136 Å². The second-order valence-electron chi connectivity index (χ2n) is 5.45. The Bertz CT molecular complexity index is 664. The molecule has 5 nitrogen and oxygen atoms in total. The molecule has 0 aromatic heterocycles. The fourth-order valence-electron chi connectivity index (χ4n) is 2.05. The lowest BCUT2D eigenvalue weighted by atomic mass is 10.0. The van der Waals surface area contributed by atoms with Crippen LogP contribution < -0.4 is 0 Å². The third-order valence-electron chi connectivity index (χ3n) is 3.16. The van der Waals surface area contributed by atoms with Crippen molar-refractivity contribution in [1.82, 2.24) is 0 Å². The molecule has 1 unspecified atom stereocenters. The van der Waals surface area contributed by atoms with Crippen LogP contribution in [-0.4, -0.2) is 16.1 Å². The zero-order valence-electron chi connectivity index (χ0n) is 13.2. The molecule has 2 rings (SSSR count). The van der Waals surface area contributed by atoms with Crippen LogP contribution in [0.5, 0.6) is 0 Å². The lowest BCUT2D eigenvalue weighted by Gasteiger charge is -2.14. The first-order chi connectivity index (χ1) is 10.9. The molecule has 0 aliphatic carbocycles. The Morgan fingerprint density at radius 3 is 1.87 bits per heavy atom. The summed E-state index contributed by atoms with van der Waals surface area (Å²) in [5.74, 6) is 0. The van der Waals surface area contributed by atoms with Gasteiger partial charge in [0.2, 0.25) is 0 Å². The lowest BCUT2D eigenvalue weighted by Crippen LogP contribution is -2.02. The van der Waals surface area contributed by atoms with E-state index in [-0.39, 0.29) is 19.3 Å². The minimum absolute atomic E-state index is 0.00419. The number of phosphoric ester groups is 1. The van der Waals surface area contributed by atoms with Gasteiger partial charge in [-0.15, -0.1) is 0 Å². The number of aliphatic hydroxyl groups excluding tert-OH is 1. The van der Waals surface area contributed by atoms with Crippen molar-refractivity contribution in [3.8, 4) is 11.1 Å². The van der Waals surface area contributed by atoms with E-state index in [2.05, 4.69) is 0 Å². The topological polar surface area (TPSA) is 76.0 Å². The van der Waals surface area contributed by atoms with Crippen LogP contribution in [0.2, 0.25) is 0 Å². The zero-order valence-corrected chi connectivity index (χ0v) is 14.1. The van der Waals surface area contributed by atoms with E-state index in [1.807, 2.05) is 48.5 Å². The second-order valence-corrected chi connectivity index (χ2v) is 6.85. The van der Waals surface area contributed by atoms with E-state index in [0.717, 1.165) is 22.3 Å². The van der Waals surface area contributed by atoms with Gasteiger partial charge in [-0.3, -0.25) is 9.05 Å². The van der Waals surface area contributed by atoms with Crippen molar-refractivity contribution in [2.45, 2.75) is 33.2 Å². The van der Waals surface area contributed by atoms with Crippen molar-refractivity contribution in [1.29, 1.82) is 0 Å². The molecule has 0 saturated carbocycles. The molecular formula is C17H21O5P. The van der Waals surface area contributed by atoms with Crippen molar-refractivity contribution in [3.63, 3.8) is 0 Å². The summed E-state index contributed by atoms with van der Waals surface area (Å²) >= 11 is 0. The molecule has 0 saturated heterocycles. The van der Waals surface area contributed by atoms with Crippen LogP contribution in [-0.2, 0) is 26.8 Å². The summed E-state index contributed by atoms with van der Waals surface area (Å²) in [7, 11) is -4.02. The zero-order chi connectivity index (χ0) is 16.9. The molecule has 2 N–H and O–H groups in total. The van der Waals surface area contributed by atoms with Gasteiger partial charge in [0.05, 0.1) is 19.3 Å². The highest BCUT2D eigenvalue weighted by Gasteiger charge is 2.22. The summed E-state index contributed by atoms with van der Waals surface area (Å²) in [4.78, 5) is 9.52. The van der Waals surface area contributed by atoms with Crippen molar-refractivity contribution in [3.05, 3.63) is 59.7 Å². The van der Waals surface area contributed by atoms with Gasteiger partial charge in [0.25, 0.3) is 0 Å². The van der Waals surface area contributed by atoms with Crippen LogP contribution in [0.25, 0.3) is 11.1 Å². The summed E-state index contributed by atoms with van der Waals surface area (Å²) in [6, 6.07) is 15.1. The molecule has 2 aromatic rings. The van der Waals surface area contributed by atoms with E-state index >= 15 is 0 Å².